The third-order valence-corrected chi connectivity index (χ3v) is 4.27. The van der Waals surface area contributed by atoms with Gasteiger partial charge in [0.1, 0.15) is 0 Å². The van der Waals surface area contributed by atoms with Crippen LogP contribution in [0.3, 0.4) is 0 Å². The highest BCUT2D eigenvalue weighted by Crippen LogP contribution is 2.25. The van der Waals surface area contributed by atoms with Crippen LogP contribution in [0.5, 0.6) is 0 Å². The third-order valence-electron chi connectivity index (χ3n) is 3.07. The lowest BCUT2D eigenvalue weighted by Crippen LogP contribution is -2.17. The zero-order valence-electron chi connectivity index (χ0n) is 9.82. The first-order chi connectivity index (χ1) is 7.29. The zero-order chi connectivity index (χ0) is 10.7. The zero-order valence-corrected chi connectivity index (χ0v) is 11.4. The number of likely N-dealkylation sites (tertiary alicyclic amines) is 1. The Kier molecular flexibility index (Phi) is 5.76. The SMILES string of the molecule is CCC(N)c1ccc(CN2CCCC2)s1.Cl. The normalized spacial score (nSPS) is 18.4. The average Bonchev–Trinajstić information content (AvgIpc) is 2.88. The molecular weight excluding hydrogens is 240 g/mol. The second-order valence-corrected chi connectivity index (χ2v) is 5.50. The van der Waals surface area contributed by atoms with Crippen LogP contribution in [0.15, 0.2) is 12.1 Å². The van der Waals surface area contributed by atoms with Crippen LogP contribution < -0.4 is 5.73 Å². The minimum absolute atomic E-state index is 0. The Balaban J connectivity index is 0.00000128. The number of hydrogen-bond acceptors (Lipinski definition) is 3. The van der Waals surface area contributed by atoms with E-state index >= 15 is 0 Å². The quantitative estimate of drug-likeness (QED) is 0.901. The van der Waals surface area contributed by atoms with Crippen LogP contribution in [0.1, 0.15) is 42.0 Å². The molecule has 1 aliphatic heterocycles. The predicted molar refractivity (Wildman–Crippen MR) is 73.3 cm³/mol. The second kappa shape index (κ2) is 6.60. The molecule has 1 unspecified atom stereocenters. The Bertz CT molecular complexity index is 308. The van der Waals surface area contributed by atoms with E-state index in [1.807, 2.05) is 11.3 Å². The lowest BCUT2D eigenvalue weighted by molar-refractivity contribution is 0.334. The van der Waals surface area contributed by atoms with E-state index in [2.05, 4.69) is 24.0 Å². The molecule has 0 amide bonds. The summed E-state index contributed by atoms with van der Waals surface area (Å²) in [4.78, 5) is 5.34. The van der Waals surface area contributed by atoms with Crippen molar-refractivity contribution in [1.29, 1.82) is 0 Å². The Labute approximate surface area is 108 Å². The van der Waals surface area contributed by atoms with Crippen molar-refractivity contribution in [1.82, 2.24) is 4.90 Å². The fourth-order valence-corrected chi connectivity index (χ4v) is 3.18. The summed E-state index contributed by atoms with van der Waals surface area (Å²) in [6, 6.07) is 4.68. The molecule has 1 saturated heterocycles. The van der Waals surface area contributed by atoms with Crippen molar-refractivity contribution >= 4 is 23.7 Å². The van der Waals surface area contributed by atoms with Crippen LogP contribution in [0.2, 0.25) is 0 Å². The first-order valence-corrected chi connectivity index (χ1v) is 6.68. The minimum Gasteiger partial charge on any atom is -0.323 e. The highest BCUT2D eigenvalue weighted by Gasteiger charge is 2.13. The van der Waals surface area contributed by atoms with E-state index < -0.39 is 0 Å². The van der Waals surface area contributed by atoms with Gasteiger partial charge in [-0.15, -0.1) is 23.7 Å². The standard InChI is InChI=1S/C12H20N2S.ClH/c1-2-11(13)12-6-5-10(15-12)9-14-7-3-4-8-14;/h5-6,11H,2-4,7-9,13H2,1H3;1H. The van der Waals surface area contributed by atoms with Crippen LogP contribution >= 0.6 is 23.7 Å². The van der Waals surface area contributed by atoms with Crippen LogP contribution in [-0.2, 0) is 6.54 Å². The maximum Gasteiger partial charge on any atom is 0.0387 e. The largest absolute Gasteiger partial charge is 0.323 e. The van der Waals surface area contributed by atoms with E-state index in [0.717, 1.165) is 13.0 Å². The summed E-state index contributed by atoms with van der Waals surface area (Å²) in [5, 5.41) is 0. The molecule has 92 valence electrons. The number of nitrogens with zero attached hydrogens (tertiary/aromatic N) is 1. The van der Waals surface area contributed by atoms with E-state index in [4.69, 9.17) is 5.73 Å². The van der Waals surface area contributed by atoms with Crippen LogP contribution in [0.25, 0.3) is 0 Å². The van der Waals surface area contributed by atoms with Gasteiger partial charge < -0.3 is 5.73 Å². The molecule has 0 saturated carbocycles. The molecule has 2 nitrogen and oxygen atoms in total. The first kappa shape index (κ1) is 14.0. The summed E-state index contributed by atoms with van der Waals surface area (Å²) in [5.74, 6) is 0. The minimum atomic E-state index is 0. The van der Waals surface area contributed by atoms with Gasteiger partial charge in [0.25, 0.3) is 0 Å². The van der Waals surface area contributed by atoms with Gasteiger partial charge in [0.2, 0.25) is 0 Å². The number of nitrogens with two attached hydrogens (primary N) is 1. The number of hydrogen-bond donors (Lipinski definition) is 1. The molecule has 1 aliphatic rings. The van der Waals surface area contributed by atoms with Crippen molar-refractivity contribution in [2.45, 2.75) is 38.8 Å². The summed E-state index contributed by atoms with van der Waals surface area (Å²) in [5.41, 5.74) is 6.01. The summed E-state index contributed by atoms with van der Waals surface area (Å²) in [6.45, 7) is 5.81. The van der Waals surface area contributed by atoms with Crippen LogP contribution in [0, 0.1) is 0 Å². The second-order valence-electron chi connectivity index (χ2n) is 4.30. The summed E-state index contributed by atoms with van der Waals surface area (Å²) < 4.78 is 0. The fourth-order valence-electron chi connectivity index (χ4n) is 2.04. The number of halogens is 1. The fraction of sp³-hybridized carbons (Fsp3) is 0.667. The molecule has 2 rings (SSSR count). The molecule has 16 heavy (non-hydrogen) atoms. The van der Waals surface area contributed by atoms with Gasteiger partial charge in [-0.25, -0.2) is 0 Å². The predicted octanol–water partition coefficient (Wildman–Crippen LogP) is 3.18. The molecule has 1 aromatic rings. The van der Waals surface area contributed by atoms with E-state index in [1.165, 1.54) is 35.7 Å². The van der Waals surface area contributed by atoms with Crippen LogP contribution in [-0.4, -0.2) is 18.0 Å². The highest BCUT2D eigenvalue weighted by molar-refractivity contribution is 7.12. The van der Waals surface area contributed by atoms with E-state index in [0.29, 0.717) is 0 Å². The van der Waals surface area contributed by atoms with Gasteiger partial charge in [-0.2, -0.15) is 0 Å². The van der Waals surface area contributed by atoms with Gasteiger partial charge in [-0.1, -0.05) is 6.92 Å². The molecule has 0 aliphatic carbocycles. The Morgan fingerprint density at radius 2 is 2.06 bits per heavy atom. The van der Waals surface area contributed by atoms with Crippen molar-refractivity contribution in [3.63, 3.8) is 0 Å². The molecule has 0 radical (unpaired) electrons. The van der Waals surface area contributed by atoms with E-state index in [-0.39, 0.29) is 18.4 Å². The monoisotopic (exact) mass is 260 g/mol. The summed E-state index contributed by atoms with van der Waals surface area (Å²) >= 11 is 1.89. The molecule has 1 fully saturated rings. The molecule has 2 heterocycles. The summed E-state index contributed by atoms with van der Waals surface area (Å²) in [6.07, 6.45) is 3.77. The maximum absolute atomic E-state index is 6.01. The first-order valence-electron chi connectivity index (χ1n) is 5.86. The smallest absolute Gasteiger partial charge is 0.0387 e. The number of thiophene rings is 1. The number of rotatable bonds is 4. The van der Waals surface area contributed by atoms with E-state index in [1.54, 1.807) is 0 Å². The van der Waals surface area contributed by atoms with Gasteiger partial charge >= 0.3 is 0 Å². The molecule has 0 bridgehead atoms. The molecule has 1 aromatic heterocycles. The molecule has 0 aromatic carbocycles. The van der Waals surface area contributed by atoms with Gasteiger partial charge in [-0.3, -0.25) is 4.90 Å². The van der Waals surface area contributed by atoms with Crippen molar-refractivity contribution in [2.75, 3.05) is 13.1 Å². The Morgan fingerprint density at radius 3 is 2.69 bits per heavy atom. The molecule has 4 heteroatoms. The van der Waals surface area contributed by atoms with Gasteiger partial charge in [-0.05, 0) is 44.5 Å². The lowest BCUT2D eigenvalue weighted by atomic mass is 10.2. The van der Waals surface area contributed by atoms with Crippen molar-refractivity contribution in [2.24, 2.45) is 5.73 Å². The molecule has 2 N–H and O–H groups in total. The van der Waals surface area contributed by atoms with Crippen molar-refractivity contribution in [3.8, 4) is 0 Å². The maximum atomic E-state index is 6.01. The van der Waals surface area contributed by atoms with Crippen molar-refractivity contribution < 1.29 is 0 Å². The van der Waals surface area contributed by atoms with Crippen LogP contribution in [0.4, 0.5) is 0 Å². The highest BCUT2D eigenvalue weighted by atomic mass is 35.5. The molecular formula is C12H21ClN2S. The van der Waals surface area contributed by atoms with Gasteiger partial charge in [0, 0.05) is 22.3 Å². The third kappa shape index (κ3) is 3.45. The van der Waals surface area contributed by atoms with E-state index in [9.17, 15) is 0 Å². The van der Waals surface area contributed by atoms with Crippen molar-refractivity contribution in [3.05, 3.63) is 21.9 Å². The van der Waals surface area contributed by atoms with Gasteiger partial charge in [0.05, 0.1) is 0 Å². The summed E-state index contributed by atoms with van der Waals surface area (Å²) in [7, 11) is 0. The Hall–Kier alpha value is -0.0900. The molecule has 0 spiro atoms. The van der Waals surface area contributed by atoms with Gasteiger partial charge in [0.15, 0.2) is 0 Å². The molecule has 1 atom stereocenters. The topological polar surface area (TPSA) is 29.3 Å². The Morgan fingerprint density at radius 1 is 1.38 bits per heavy atom. The lowest BCUT2D eigenvalue weighted by Gasteiger charge is -2.12. The average molecular weight is 261 g/mol.